The van der Waals surface area contributed by atoms with Crippen molar-refractivity contribution in [2.75, 3.05) is 4.90 Å². The normalized spacial score (nSPS) is 33.5. The van der Waals surface area contributed by atoms with Crippen LogP contribution in [0.1, 0.15) is 12.8 Å². The Labute approximate surface area is 138 Å². The molecule has 0 aromatic heterocycles. The molecule has 1 aromatic rings. The Morgan fingerprint density at radius 1 is 0.950 bits per heavy atom. The van der Waals surface area contributed by atoms with E-state index in [9.17, 15) is 9.59 Å². The van der Waals surface area contributed by atoms with Crippen LogP contribution in [0.25, 0.3) is 0 Å². The van der Waals surface area contributed by atoms with Gasteiger partial charge in [-0.15, -0.1) is 0 Å². The molecule has 1 aromatic carbocycles. The molecule has 2 aliphatic rings. The number of anilines is 1. The smallest absolute Gasteiger partial charge is 0.237 e. The molecule has 106 valence electrons. The van der Waals surface area contributed by atoms with Gasteiger partial charge in [0.1, 0.15) is 0 Å². The maximum absolute atomic E-state index is 12.5. The van der Waals surface area contributed by atoms with Crippen molar-refractivity contribution in [3.63, 3.8) is 0 Å². The first-order valence-corrected chi connectivity index (χ1v) is 8.61. The molecule has 0 unspecified atom stereocenters. The SMILES string of the molecule is O=C1[C@@H]2C[C@@H](Br)[C@@H](Br)C[C@H]2C(=O)N1c1ccc(Cl)cc1. The Balaban J connectivity index is 1.93. The van der Waals surface area contributed by atoms with Crippen LogP contribution in [0.5, 0.6) is 0 Å². The van der Waals surface area contributed by atoms with Crippen LogP contribution in [0.15, 0.2) is 24.3 Å². The summed E-state index contributed by atoms with van der Waals surface area (Å²) in [4.78, 5) is 26.8. The number of hydrogen-bond donors (Lipinski definition) is 0. The molecular formula is C14H12Br2ClNO2. The molecule has 1 aliphatic heterocycles. The number of alkyl halides is 2. The van der Waals surface area contributed by atoms with Crippen LogP contribution >= 0.6 is 43.5 Å². The largest absolute Gasteiger partial charge is 0.274 e. The number of rotatable bonds is 1. The third-order valence-electron chi connectivity index (χ3n) is 4.00. The first-order chi connectivity index (χ1) is 9.49. The number of fused-ring (bicyclic) bond motifs is 1. The molecule has 3 rings (SSSR count). The lowest BCUT2D eigenvalue weighted by Gasteiger charge is -2.29. The molecule has 3 nitrogen and oxygen atoms in total. The summed E-state index contributed by atoms with van der Waals surface area (Å²) in [5.41, 5.74) is 0.607. The topological polar surface area (TPSA) is 37.4 Å². The number of imide groups is 1. The zero-order valence-corrected chi connectivity index (χ0v) is 14.4. The van der Waals surface area contributed by atoms with Crippen molar-refractivity contribution in [2.45, 2.75) is 22.5 Å². The van der Waals surface area contributed by atoms with Crippen molar-refractivity contribution in [2.24, 2.45) is 11.8 Å². The fourth-order valence-corrected chi connectivity index (χ4v) is 4.30. The summed E-state index contributed by atoms with van der Waals surface area (Å²) < 4.78 is 0. The second kappa shape index (κ2) is 5.43. The van der Waals surface area contributed by atoms with Crippen LogP contribution in [0.3, 0.4) is 0 Å². The molecule has 0 N–H and O–H groups in total. The van der Waals surface area contributed by atoms with E-state index in [4.69, 9.17) is 11.6 Å². The monoisotopic (exact) mass is 419 g/mol. The molecule has 1 aliphatic carbocycles. The van der Waals surface area contributed by atoms with Crippen LogP contribution in [0.2, 0.25) is 5.02 Å². The fraction of sp³-hybridized carbons (Fsp3) is 0.429. The fourth-order valence-electron chi connectivity index (χ4n) is 2.94. The van der Waals surface area contributed by atoms with Crippen LogP contribution in [0, 0.1) is 11.8 Å². The maximum Gasteiger partial charge on any atom is 0.237 e. The van der Waals surface area contributed by atoms with Gasteiger partial charge in [-0.1, -0.05) is 43.5 Å². The first-order valence-electron chi connectivity index (χ1n) is 6.40. The molecular weight excluding hydrogens is 409 g/mol. The van der Waals surface area contributed by atoms with Crippen molar-refractivity contribution in [3.05, 3.63) is 29.3 Å². The van der Waals surface area contributed by atoms with Gasteiger partial charge >= 0.3 is 0 Å². The molecule has 0 bridgehead atoms. The van der Waals surface area contributed by atoms with E-state index in [1.54, 1.807) is 24.3 Å². The summed E-state index contributed by atoms with van der Waals surface area (Å²) >= 11 is 13.0. The van der Waals surface area contributed by atoms with Crippen molar-refractivity contribution in [1.82, 2.24) is 0 Å². The Kier molecular flexibility index (Phi) is 3.95. The molecule has 0 radical (unpaired) electrons. The van der Waals surface area contributed by atoms with E-state index >= 15 is 0 Å². The lowest BCUT2D eigenvalue weighted by Crippen LogP contribution is -2.34. The number of benzene rings is 1. The molecule has 2 amide bonds. The Hall–Kier alpha value is -0.390. The lowest BCUT2D eigenvalue weighted by molar-refractivity contribution is -0.122. The summed E-state index contributed by atoms with van der Waals surface area (Å²) in [5, 5.41) is 0.589. The summed E-state index contributed by atoms with van der Waals surface area (Å²) in [6, 6.07) is 6.82. The third kappa shape index (κ3) is 2.34. The predicted molar refractivity (Wildman–Crippen MR) is 85.6 cm³/mol. The summed E-state index contributed by atoms with van der Waals surface area (Å²) in [6.07, 6.45) is 1.38. The number of carbonyl (C=O) groups excluding carboxylic acids is 2. The number of amides is 2. The van der Waals surface area contributed by atoms with E-state index < -0.39 is 0 Å². The number of halogens is 3. The second-order valence-electron chi connectivity index (χ2n) is 5.20. The van der Waals surface area contributed by atoms with Crippen molar-refractivity contribution in [1.29, 1.82) is 0 Å². The zero-order valence-electron chi connectivity index (χ0n) is 10.4. The van der Waals surface area contributed by atoms with Crippen LogP contribution in [-0.4, -0.2) is 21.5 Å². The molecule has 4 atom stereocenters. The Bertz CT molecular complexity index is 535. The third-order valence-corrected chi connectivity index (χ3v) is 6.98. The summed E-state index contributed by atoms with van der Waals surface area (Å²) in [6.45, 7) is 0. The zero-order chi connectivity index (χ0) is 14.4. The standard InChI is InChI=1S/C14H12Br2ClNO2/c15-11-5-9-10(6-12(11)16)14(20)18(13(9)19)8-3-1-7(17)2-4-8/h1-4,9-12H,5-6H2/t9-,10-,11-,12+/m1/s1. The van der Waals surface area contributed by atoms with Gasteiger partial charge in [0.05, 0.1) is 17.5 Å². The highest BCUT2D eigenvalue weighted by atomic mass is 79.9. The summed E-state index contributed by atoms with van der Waals surface area (Å²) in [5.74, 6) is -0.606. The lowest BCUT2D eigenvalue weighted by atomic mass is 9.81. The van der Waals surface area contributed by atoms with Gasteiger partial charge in [-0.3, -0.25) is 14.5 Å². The van der Waals surface area contributed by atoms with Gasteiger partial charge in [0.15, 0.2) is 0 Å². The van der Waals surface area contributed by atoms with Gasteiger partial charge < -0.3 is 0 Å². The highest BCUT2D eigenvalue weighted by molar-refractivity contribution is 9.12. The summed E-state index contributed by atoms with van der Waals surface area (Å²) in [7, 11) is 0. The molecule has 6 heteroatoms. The molecule has 1 saturated heterocycles. The van der Waals surface area contributed by atoms with E-state index in [0.29, 0.717) is 23.6 Å². The van der Waals surface area contributed by atoms with Crippen molar-refractivity contribution in [3.8, 4) is 0 Å². The average molecular weight is 422 g/mol. The van der Waals surface area contributed by atoms with Crippen molar-refractivity contribution >= 4 is 61.0 Å². The Morgan fingerprint density at radius 3 is 1.85 bits per heavy atom. The van der Waals surface area contributed by atoms with Gasteiger partial charge in [-0.2, -0.15) is 0 Å². The van der Waals surface area contributed by atoms with E-state index in [-0.39, 0.29) is 33.3 Å². The molecule has 0 spiro atoms. The molecule has 1 heterocycles. The predicted octanol–water partition coefficient (Wildman–Crippen LogP) is 3.77. The number of hydrogen-bond acceptors (Lipinski definition) is 2. The van der Waals surface area contributed by atoms with Crippen LogP contribution in [-0.2, 0) is 9.59 Å². The molecule has 2 fully saturated rings. The first kappa shape index (κ1) is 14.5. The van der Waals surface area contributed by atoms with Crippen molar-refractivity contribution < 1.29 is 9.59 Å². The second-order valence-corrected chi connectivity index (χ2v) is 7.99. The van der Waals surface area contributed by atoms with E-state index in [2.05, 4.69) is 31.9 Å². The van der Waals surface area contributed by atoms with E-state index in [1.807, 2.05) is 0 Å². The molecule has 1 saturated carbocycles. The molecule has 20 heavy (non-hydrogen) atoms. The van der Waals surface area contributed by atoms with Gasteiger partial charge in [0.2, 0.25) is 11.8 Å². The maximum atomic E-state index is 12.5. The van der Waals surface area contributed by atoms with Gasteiger partial charge in [-0.25, -0.2) is 0 Å². The van der Waals surface area contributed by atoms with Crippen LogP contribution in [0.4, 0.5) is 5.69 Å². The van der Waals surface area contributed by atoms with Crippen LogP contribution < -0.4 is 4.90 Å². The number of nitrogens with zero attached hydrogens (tertiary/aromatic N) is 1. The van der Waals surface area contributed by atoms with Gasteiger partial charge in [0, 0.05) is 14.7 Å². The van der Waals surface area contributed by atoms with E-state index in [1.165, 1.54) is 4.90 Å². The highest BCUT2D eigenvalue weighted by Crippen LogP contribution is 2.44. The minimum Gasteiger partial charge on any atom is -0.274 e. The Morgan fingerprint density at radius 2 is 1.40 bits per heavy atom. The minimum absolute atomic E-state index is 0.0915. The van der Waals surface area contributed by atoms with Gasteiger partial charge in [0.25, 0.3) is 0 Å². The van der Waals surface area contributed by atoms with E-state index in [0.717, 1.165) is 0 Å². The average Bonchev–Trinajstić information content (AvgIpc) is 2.65. The highest BCUT2D eigenvalue weighted by Gasteiger charge is 2.52. The number of carbonyl (C=O) groups is 2. The quantitative estimate of drug-likeness (QED) is 0.511. The van der Waals surface area contributed by atoms with Gasteiger partial charge in [-0.05, 0) is 37.1 Å². The minimum atomic E-state index is -0.212.